The molecule has 1 atom stereocenters. The molecule has 0 unspecified atom stereocenters. The van der Waals surface area contributed by atoms with Gasteiger partial charge in [-0.1, -0.05) is 42.5 Å². The summed E-state index contributed by atoms with van der Waals surface area (Å²) in [6.07, 6.45) is -0.0568. The molecule has 1 aliphatic heterocycles. The largest absolute Gasteiger partial charge is 0.459 e. The Kier molecular flexibility index (Phi) is 8.18. The quantitative estimate of drug-likeness (QED) is 0.323. The average molecular weight is 498 g/mol. The first-order valence-corrected chi connectivity index (χ1v) is 11.4. The first-order chi connectivity index (χ1) is 17.0. The number of nitrogens with one attached hydrogen (secondary N) is 1. The number of benzene rings is 2. The number of carbonyl (C=O) groups is 5. The van der Waals surface area contributed by atoms with Crippen LogP contribution in [0.25, 0.3) is 0 Å². The molecule has 0 saturated heterocycles. The van der Waals surface area contributed by atoms with E-state index in [1.54, 1.807) is 63.2 Å². The molecule has 190 valence electrons. The Hall–Kier alpha value is -4.08. The molecule has 1 aliphatic rings. The van der Waals surface area contributed by atoms with Gasteiger partial charge in [0.15, 0.2) is 6.80 Å². The van der Waals surface area contributed by atoms with Crippen LogP contribution in [0.5, 0.6) is 0 Å². The number of nitrogens with zero attached hydrogens (tertiary/aromatic N) is 2. The maximum absolute atomic E-state index is 14.2. The van der Waals surface area contributed by atoms with Crippen molar-refractivity contribution in [3.63, 3.8) is 0 Å². The first kappa shape index (κ1) is 26.5. The molecule has 4 amide bonds. The summed E-state index contributed by atoms with van der Waals surface area (Å²) >= 11 is 0. The normalized spacial score (nSPS) is 13.7. The van der Waals surface area contributed by atoms with Gasteiger partial charge in [0.2, 0.25) is 11.8 Å². The molecule has 0 aromatic heterocycles. The second-order valence-electron chi connectivity index (χ2n) is 9.23. The van der Waals surface area contributed by atoms with Gasteiger partial charge in [-0.15, -0.1) is 0 Å². The molecule has 0 saturated carbocycles. The second kappa shape index (κ2) is 11.1. The first-order valence-electron chi connectivity index (χ1n) is 11.4. The Labute approximate surface area is 208 Å². The highest BCUT2D eigenvalue weighted by Crippen LogP contribution is 2.23. The lowest BCUT2D eigenvalue weighted by Crippen LogP contribution is -2.54. The molecule has 1 N–H and O–H groups in total. The highest BCUT2D eigenvalue weighted by molar-refractivity contribution is 6.22. The highest BCUT2D eigenvalue weighted by Gasteiger charge is 2.39. The summed E-state index contributed by atoms with van der Waals surface area (Å²) in [5.41, 5.74) is 0.177. The lowest BCUT2D eigenvalue weighted by Gasteiger charge is -2.30. The molecule has 0 fully saturated rings. The van der Waals surface area contributed by atoms with Gasteiger partial charge in [0, 0.05) is 6.42 Å². The summed E-state index contributed by atoms with van der Waals surface area (Å²) < 4.78 is 19.4. The average Bonchev–Trinajstić information content (AvgIpc) is 3.07. The van der Waals surface area contributed by atoms with Gasteiger partial charge >= 0.3 is 5.97 Å². The van der Waals surface area contributed by atoms with Gasteiger partial charge in [-0.25, -0.2) is 4.39 Å². The zero-order chi connectivity index (χ0) is 26.5. The predicted octanol–water partition coefficient (Wildman–Crippen LogP) is 2.11. The Balaban J connectivity index is 1.78. The number of imide groups is 1. The standard InChI is InChI=1S/C26H28FN3O6/c1-26(2,3)36-22(32)14-28-23(33)20(13-17-9-5-4-6-10-17)30(16-27)21(31)15-29-24(34)18-11-7-8-12-19(18)25(29)35/h4-12,20H,13-16H2,1-3H3,(H,28,33)/t20-/m0/s1. The van der Waals surface area contributed by atoms with Gasteiger partial charge in [-0.3, -0.25) is 28.9 Å². The number of ether oxygens (including phenoxy) is 1. The fourth-order valence-corrected chi connectivity index (χ4v) is 3.77. The van der Waals surface area contributed by atoms with E-state index in [0.717, 1.165) is 4.90 Å². The number of hydrogen-bond donors (Lipinski definition) is 1. The summed E-state index contributed by atoms with van der Waals surface area (Å²) in [5, 5.41) is 2.40. The lowest BCUT2D eigenvalue weighted by atomic mass is 10.0. The zero-order valence-electron chi connectivity index (χ0n) is 20.3. The van der Waals surface area contributed by atoms with Crippen LogP contribution in [-0.4, -0.2) is 70.9 Å². The molecular formula is C26H28FN3O6. The van der Waals surface area contributed by atoms with Crippen molar-refractivity contribution in [2.24, 2.45) is 0 Å². The smallest absolute Gasteiger partial charge is 0.325 e. The van der Waals surface area contributed by atoms with E-state index in [1.807, 2.05) is 0 Å². The van der Waals surface area contributed by atoms with Crippen molar-refractivity contribution < 1.29 is 33.1 Å². The van der Waals surface area contributed by atoms with Crippen molar-refractivity contribution in [3.8, 4) is 0 Å². The van der Waals surface area contributed by atoms with Crippen LogP contribution in [0.3, 0.4) is 0 Å². The van der Waals surface area contributed by atoms with Crippen molar-refractivity contribution in [2.45, 2.75) is 38.8 Å². The third-order valence-electron chi connectivity index (χ3n) is 5.40. The van der Waals surface area contributed by atoms with Gasteiger partial charge in [0.05, 0.1) is 11.1 Å². The number of alkyl halides is 1. The summed E-state index contributed by atoms with van der Waals surface area (Å²) in [7, 11) is 0. The third-order valence-corrected chi connectivity index (χ3v) is 5.40. The van der Waals surface area contributed by atoms with E-state index < -0.39 is 61.1 Å². The van der Waals surface area contributed by atoms with Crippen LogP contribution in [0.4, 0.5) is 4.39 Å². The van der Waals surface area contributed by atoms with Crippen molar-refractivity contribution >= 4 is 29.6 Å². The Morgan fingerprint density at radius 3 is 2.06 bits per heavy atom. The predicted molar refractivity (Wildman–Crippen MR) is 127 cm³/mol. The Morgan fingerprint density at radius 1 is 0.972 bits per heavy atom. The fourth-order valence-electron chi connectivity index (χ4n) is 3.77. The number of esters is 1. The summed E-state index contributed by atoms with van der Waals surface area (Å²) in [4.78, 5) is 64.9. The number of amides is 4. The topological polar surface area (TPSA) is 113 Å². The number of hydrogen-bond acceptors (Lipinski definition) is 6. The number of halogens is 1. The Morgan fingerprint density at radius 2 is 1.53 bits per heavy atom. The third kappa shape index (κ3) is 6.32. The van der Waals surface area contributed by atoms with Gasteiger partial charge in [0.25, 0.3) is 11.8 Å². The monoisotopic (exact) mass is 497 g/mol. The van der Waals surface area contributed by atoms with E-state index in [0.29, 0.717) is 10.5 Å². The number of carbonyl (C=O) groups excluding carboxylic acids is 5. The molecule has 3 rings (SSSR count). The maximum Gasteiger partial charge on any atom is 0.325 e. The molecule has 0 radical (unpaired) electrons. The molecule has 0 spiro atoms. The molecule has 2 aromatic rings. The fraction of sp³-hybridized carbons (Fsp3) is 0.346. The van der Waals surface area contributed by atoms with Gasteiger partial charge in [0.1, 0.15) is 24.7 Å². The van der Waals surface area contributed by atoms with Gasteiger partial charge in [-0.05, 0) is 38.5 Å². The molecule has 0 bridgehead atoms. The van der Waals surface area contributed by atoms with Crippen LogP contribution < -0.4 is 5.32 Å². The van der Waals surface area contributed by atoms with Crippen molar-refractivity contribution in [2.75, 3.05) is 19.9 Å². The summed E-state index contributed by atoms with van der Waals surface area (Å²) in [6.45, 7) is 2.46. The summed E-state index contributed by atoms with van der Waals surface area (Å²) in [5.74, 6) is -3.75. The van der Waals surface area contributed by atoms with E-state index in [-0.39, 0.29) is 17.5 Å². The molecule has 36 heavy (non-hydrogen) atoms. The maximum atomic E-state index is 14.2. The lowest BCUT2D eigenvalue weighted by molar-refractivity contribution is -0.155. The molecule has 10 heteroatoms. The Bertz CT molecular complexity index is 1130. The minimum absolute atomic E-state index is 0.0568. The van der Waals surface area contributed by atoms with E-state index >= 15 is 0 Å². The van der Waals surface area contributed by atoms with Crippen LogP contribution >= 0.6 is 0 Å². The van der Waals surface area contributed by atoms with Crippen LogP contribution in [0.15, 0.2) is 54.6 Å². The van der Waals surface area contributed by atoms with E-state index in [2.05, 4.69) is 5.32 Å². The zero-order valence-corrected chi connectivity index (χ0v) is 20.3. The number of fused-ring (bicyclic) bond motifs is 1. The number of rotatable bonds is 9. The molecule has 9 nitrogen and oxygen atoms in total. The SMILES string of the molecule is CC(C)(C)OC(=O)CNC(=O)[C@H](Cc1ccccc1)N(CF)C(=O)CN1C(=O)c2ccccc2C1=O. The van der Waals surface area contributed by atoms with Crippen molar-refractivity contribution in [1.29, 1.82) is 0 Å². The minimum atomic E-state index is -1.35. The van der Waals surface area contributed by atoms with Crippen LogP contribution in [0, 0.1) is 0 Å². The van der Waals surface area contributed by atoms with Crippen LogP contribution in [-0.2, 0) is 25.5 Å². The highest BCUT2D eigenvalue weighted by atomic mass is 19.1. The molecular weight excluding hydrogens is 469 g/mol. The van der Waals surface area contributed by atoms with Crippen molar-refractivity contribution in [3.05, 3.63) is 71.3 Å². The van der Waals surface area contributed by atoms with E-state index in [9.17, 15) is 28.4 Å². The van der Waals surface area contributed by atoms with Crippen LogP contribution in [0.1, 0.15) is 47.1 Å². The summed E-state index contributed by atoms with van der Waals surface area (Å²) in [6, 6.07) is 13.4. The molecule has 1 heterocycles. The van der Waals surface area contributed by atoms with Crippen LogP contribution in [0.2, 0.25) is 0 Å². The van der Waals surface area contributed by atoms with E-state index in [4.69, 9.17) is 4.74 Å². The minimum Gasteiger partial charge on any atom is -0.459 e. The molecule has 0 aliphatic carbocycles. The second-order valence-corrected chi connectivity index (χ2v) is 9.23. The van der Waals surface area contributed by atoms with Gasteiger partial charge < -0.3 is 15.0 Å². The van der Waals surface area contributed by atoms with Crippen molar-refractivity contribution in [1.82, 2.24) is 15.1 Å². The van der Waals surface area contributed by atoms with E-state index in [1.165, 1.54) is 12.1 Å². The van der Waals surface area contributed by atoms with Gasteiger partial charge in [-0.2, -0.15) is 0 Å². The molecule has 2 aromatic carbocycles.